The first-order chi connectivity index (χ1) is 26.2. The fourth-order valence-electron chi connectivity index (χ4n) is 7.30. The molecule has 0 radical (unpaired) electrons. The lowest BCUT2D eigenvalue weighted by Crippen LogP contribution is -2.09. The molecule has 8 aromatic carbocycles. The van der Waals surface area contributed by atoms with Crippen molar-refractivity contribution in [1.82, 2.24) is 4.98 Å². The van der Waals surface area contributed by atoms with Gasteiger partial charge in [-0.25, -0.2) is 4.98 Å². The summed E-state index contributed by atoms with van der Waals surface area (Å²) in [7, 11) is 0. The summed E-state index contributed by atoms with van der Waals surface area (Å²) in [4.78, 5) is 6.98. The van der Waals surface area contributed by atoms with Crippen LogP contribution in [0.4, 0.5) is 17.1 Å². The highest BCUT2D eigenvalue weighted by molar-refractivity contribution is 6.13. The normalized spacial score (nSPS) is 11.4. The Morgan fingerprint density at radius 2 is 0.887 bits per heavy atom. The van der Waals surface area contributed by atoms with Gasteiger partial charge in [-0.05, 0) is 100 Å². The summed E-state index contributed by atoms with van der Waals surface area (Å²) in [5, 5.41) is 2.16. The van der Waals surface area contributed by atoms with Crippen LogP contribution in [0.25, 0.3) is 77.9 Å². The number of fused-ring (bicyclic) bond motifs is 4. The average molecular weight is 681 g/mol. The van der Waals surface area contributed by atoms with E-state index in [1.54, 1.807) is 0 Å². The van der Waals surface area contributed by atoms with Gasteiger partial charge in [0.15, 0.2) is 5.58 Å². The van der Waals surface area contributed by atoms with Gasteiger partial charge in [0, 0.05) is 39.5 Å². The van der Waals surface area contributed by atoms with Crippen LogP contribution in [0.1, 0.15) is 0 Å². The first-order valence-electron chi connectivity index (χ1n) is 17.8. The molecule has 10 aromatic rings. The van der Waals surface area contributed by atoms with Crippen LogP contribution in [0.3, 0.4) is 0 Å². The second-order valence-corrected chi connectivity index (χ2v) is 13.2. The molecule has 0 aliphatic rings. The third-order valence-corrected chi connectivity index (χ3v) is 9.94. The van der Waals surface area contributed by atoms with E-state index < -0.39 is 0 Å². The topological polar surface area (TPSA) is 42.4 Å². The molecule has 0 unspecified atom stereocenters. The van der Waals surface area contributed by atoms with Crippen LogP contribution < -0.4 is 4.90 Å². The molecule has 4 heteroatoms. The van der Waals surface area contributed by atoms with Crippen molar-refractivity contribution < 1.29 is 8.83 Å². The summed E-state index contributed by atoms with van der Waals surface area (Å²) in [5.74, 6) is 0.617. The number of nitrogens with zero attached hydrogens (tertiary/aromatic N) is 2. The minimum Gasteiger partial charge on any atom is -0.456 e. The maximum absolute atomic E-state index is 6.61. The van der Waals surface area contributed by atoms with E-state index in [0.717, 1.165) is 66.8 Å². The molecule has 0 bridgehead atoms. The van der Waals surface area contributed by atoms with Crippen molar-refractivity contribution >= 4 is 50.1 Å². The predicted molar refractivity (Wildman–Crippen MR) is 218 cm³/mol. The van der Waals surface area contributed by atoms with Crippen molar-refractivity contribution in [1.29, 1.82) is 0 Å². The van der Waals surface area contributed by atoms with Crippen LogP contribution >= 0.6 is 0 Å². The molecule has 0 N–H and O–H groups in total. The van der Waals surface area contributed by atoms with E-state index in [1.807, 2.05) is 42.5 Å². The van der Waals surface area contributed by atoms with Gasteiger partial charge < -0.3 is 13.7 Å². The molecule has 53 heavy (non-hydrogen) atoms. The number of aromatic nitrogens is 1. The van der Waals surface area contributed by atoms with Crippen molar-refractivity contribution in [2.75, 3.05) is 4.90 Å². The van der Waals surface area contributed by atoms with Gasteiger partial charge in [-0.3, -0.25) is 0 Å². The van der Waals surface area contributed by atoms with E-state index in [4.69, 9.17) is 8.83 Å². The second kappa shape index (κ2) is 12.9. The predicted octanol–water partition coefficient (Wildman–Crippen LogP) is 13.9. The lowest BCUT2D eigenvalue weighted by Gasteiger charge is -2.26. The van der Waals surface area contributed by atoms with E-state index in [9.17, 15) is 0 Å². The molecule has 0 amide bonds. The number of benzene rings is 8. The fraction of sp³-hybridized carbons (Fsp3) is 0. The second-order valence-electron chi connectivity index (χ2n) is 13.2. The summed E-state index contributed by atoms with van der Waals surface area (Å²) in [6.45, 7) is 0. The highest BCUT2D eigenvalue weighted by atomic mass is 16.3. The van der Waals surface area contributed by atoms with Crippen LogP contribution in [0, 0.1) is 0 Å². The molecular formula is C49H32N2O2. The number of rotatable bonds is 7. The van der Waals surface area contributed by atoms with Gasteiger partial charge >= 0.3 is 0 Å². The fourth-order valence-corrected chi connectivity index (χ4v) is 7.30. The van der Waals surface area contributed by atoms with Gasteiger partial charge in [-0.1, -0.05) is 121 Å². The zero-order chi connectivity index (χ0) is 35.1. The van der Waals surface area contributed by atoms with Crippen molar-refractivity contribution in [2.45, 2.75) is 0 Å². The molecule has 10 rings (SSSR count). The highest BCUT2D eigenvalue weighted by Gasteiger charge is 2.18. The summed E-state index contributed by atoms with van der Waals surface area (Å²) in [5.41, 5.74) is 14.4. The van der Waals surface area contributed by atoms with Gasteiger partial charge in [0.1, 0.15) is 16.7 Å². The minimum absolute atomic E-state index is 0.617. The van der Waals surface area contributed by atoms with Crippen LogP contribution in [0.5, 0.6) is 0 Å². The number of anilines is 3. The number of furan rings is 1. The molecule has 0 saturated carbocycles. The molecule has 0 fully saturated rings. The van der Waals surface area contributed by atoms with Gasteiger partial charge in [0.05, 0.1) is 0 Å². The van der Waals surface area contributed by atoms with E-state index >= 15 is 0 Å². The highest BCUT2D eigenvalue weighted by Crippen LogP contribution is 2.42. The molecule has 250 valence electrons. The Kier molecular flexibility index (Phi) is 7.43. The van der Waals surface area contributed by atoms with E-state index in [-0.39, 0.29) is 0 Å². The third kappa shape index (κ3) is 5.63. The number of oxazole rings is 1. The zero-order valence-electron chi connectivity index (χ0n) is 28.7. The minimum atomic E-state index is 0.617. The van der Waals surface area contributed by atoms with Crippen LogP contribution in [-0.4, -0.2) is 4.98 Å². The van der Waals surface area contributed by atoms with Gasteiger partial charge in [0.2, 0.25) is 5.89 Å². The van der Waals surface area contributed by atoms with Crippen molar-refractivity contribution in [3.8, 4) is 44.8 Å². The van der Waals surface area contributed by atoms with Crippen molar-refractivity contribution in [3.63, 3.8) is 0 Å². The van der Waals surface area contributed by atoms with Crippen LogP contribution in [0.2, 0.25) is 0 Å². The molecule has 2 heterocycles. The quantitative estimate of drug-likeness (QED) is 0.168. The van der Waals surface area contributed by atoms with Crippen LogP contribution in [0.15, 0.2) is 203 Å². The zero-order valence-corrected chi connectivity index (χ0v) is 28.7. The van der Waals surface area contributed by atoms with E-state index in [0.29, 0.717) is 5.89 Å². The number of para-hydroxylation sites is 2. The number of hydrogen-bond donors (Lipinski definition) is 0. The average Bonchev–Trinajstić information content (AvgIpc) is 3.84. The van der Waals surface area contributed by atoms with E-state index in [1.165, 1.54) is 22.3 Å². The van der Waals surface area contributed by atoms with Crippen molar-refractivity contribution in [2.24, 2.45) is 0 Å². The Morgan fingerprint density at radius 1 is 0.358 bits per heavy atom. The van der Waals surface area contributed by atoms with Gasteiger partial charge in [-0.15, -0.1) is 0 Å². The van der Waals surface area contributed by atoms with E-state index in [2.05, 4.69) is 162 Å². The summed E-state index contributed by atoms with van der Waals surface area (Å²) < 4.78 is 12.6. The smallest absolute Gasteiger partial charge is 0.227 e. The Bertz CT molecular complexity index is 2740. The summed E-state index contributed by atoms with van der Waals surface area (Å²) in [6.07, 6.45) is 0. The SMILES string of the molecule is c1ccc(-c2ccc(N(c3ccc(-c4ccccc4)cc3)c3ccc4c(c3)oc3cccc(-c5ccc(-c6nc7ccccc7o6)cc5)c34)cc2)cc1. The maximum Gasteiger partial charge on any atom is 0.227 e. The molecule has 0 aliphatic carbocycles. The Labute approximate surface area is 306 Å². The molecular weight excluding hydrogens is 649 g/mol. The van der Waals surface area contributed by atoms with Crippen molar-refractivity contribution in [3.05, 3.63) is 194 Å². The van der Waals surface area contributed by atoms with Gasteiger partial charge in [0.25, 0.3) is 0 Å². The lowest BCUT2D eigenvalue weighted by molar-refractivity contribution is 0.620. The Morgan fingerprint density at radius 3 is 1.53 bits per heavy atom. The molecule has 0 atom stereocenters. The standard InChI is InChI=1S/C49H32N2O2/c1-3-10-33(11-4-1)35-22-26-39(27-23-35)51(40-28-24-36(25-29-40)34-12-5-2-6-13-34)41-30-31-43-47(32-41)52-46-17-9-14-42(48(43)46)37-18-20-38(21-19-37)49-50-44-15-7-8-16-45(44)53-49/h1-32H. The molecule has 0 aliphatic heterocycles. The molecule has 4 nitrogen and oxygen atoms in total. The Hall–Kier alpha value is -7.17. The Balaban J connectivity index is 1.04. The van der Waals surface area contributed by atoms with Crippen LogP contribution in [-0.2, 0) is 0 Å². The maximum atomic E-state index is 6.61. The largest absolute Gasteiger partial charge is 0.456 e. The first kappa shape index (κ1) is 30.6. The number of hydrogen-bond acceptors (Lipinski definition) is 4. The molecule has 2 aromatic heterocycles. The summed E-state index contributed by atoms with van der Waals surface area (Å²) >= 11 is 0. The third-order valence-electron chi connectivity index (χ3n) is 9.94. The van der Waals surface area contributed by atoms with Gasteiger partial charge in [-0.2, -0.15) is 0 Å². The first-order valence-corrected chi connectivity index (χ1v) is 17.8. The molecule has 0 saturated heterocycles. The monoisotopic (exact) mass is 680 g/mol. The summed E-state index contributed by atoms with van der Waals surface area (Å²) in [6, 6.07) is 67.6. The lowest BCUT2D eigenvalue weighted by atomic mass is 9.98. The molecule has 0 spiro atoms.